The molecule has 0 saturated carbocycles. The molecule has 0 aliphatic rings. The third-order valence-corrected chi connectivity index (χ3v) is 4.48. The van der Waals surface area contributed by atoms with Crippen LogP contribution in [0.25, 0.3) is 0 Å². The molecule has 0 saturated heterocycles. The largest absolute Gasteiger partial charge is 0.346 e. The second kappa shape index (κ2) is 14.1. The third-order valence-electron chi connectivity index (χ3n) is 2.87. The molecule has 0 fully saturated rings. The van der Waals surface area contributed by atoms with E-state index in [1.54, 1.807) is 14.1 Å². The van der Waals surface area contributed by atoms with Gasteiger partial charge in [-0.1, -0.05) is 0 Å². The van der Waals surface area contributed by atoms with E-state index in [9.17, 15) is 26.4 Å². The average molecular weight is 431 g/mol. The Labute approximate surface area is 179 Å². The number of nitrogens with zero attached hydrogens (tertiary/aromatic N) is 2. The molecule has 2 N–H and O–H groups in total. The summed E-state index contributed by atoms with van der Waals surface area (Å²) >= 11 is 0. The van der Waals surface area contributed by atoms with Gasteiger partial charge in [0.05, 0.1) is 11.5 Å². The number of carbonyl (C=O) groups is 2. The Bertz CT molecular complexity index is 553. The van der Waals surface area contributed by atoms with Crippen LogP contribution in [0.2, 0.25) is 0 Å². The number of rotatable bonds is 8. The van der Waals surface area contributed by atoms with Gasteiger partial charge < -0.3 is 9.80 Å². The Morgan fingerprint density at radius 1 is 0.760 bits per heavy atom. The zero-order valence-corrected chi connectivity index (χ0v) is 18.8. The summed E-state index contributed by atoms with van der Waals surface area (Å²) in [4.78, 5) is 24.0. The molecule has 25 heavy (non-hydrogen) atoms. The molecular weight excluding hydrogens is 404 g/mol. The van der Waals surface area contributed by atoms with Crippen molar-refractivity contribution in [3.63, 3.8) is 0 Å². The van der Waals surface area contributed by atoms with E-state index in [2.05, 4.69) is 0 Å². The van der Waals surface area contributed by atoms with Crippen molar-refractivity contribution in [2.45, 2.75) is 26.7 Å². The van der Waals surface area contributed by atoms with Gasteiger partial charge >= 0.3 is 0 Å². The molecule has 0 heterocycles. The molecule has 0 aromatic carbocycles. The quantitative estimate of drug-likeness (QED) is 0.372. The SMILES string of the molecule is CC(=O)N(C)CCCS(=O)(=O)O.CC(=O)N(C)CCCS(=O)(=O)O.[Ca]. The monoisotopic (exact) mass is 430 g/mol. The minimum Gasteiger partial charge on any atom is -0.346 e. The third kappa shape index (κ3) is 24.0. The van der Waals surface area contributed by atoms with Crippen molar-refractivity contribution in [1.29, 1.82) is 0 Å². The summed E-state index contributed by atoms with van der Waals surface area (Å²) in [5.74, 6) is -0.842. The minimum absolute atomic E-state index is 0. The van der Waals surface area contributed by atoms with Gasteiger partial charge in [-0.3, -0.25) is 18.7 Å². The molecule has 0 spiro atoms. The molecule has 0 atom stereocenters. The van der Waals surface area contributed by atoms with Gasteiger partial charge in [-0.25, -0.2) is 0 Å². The molecule has 0 unspecified atom stereocenters. The van der Waals surface area contributed by atoms with E-state index >= 15 is 0 Å². The Hall–Kier alpha value is 0.0197. The van der Waals surface area contributed by atoms with Crippen LogP contribution >= 0.6 is 0 Å². The van der Waals surface area contributed by atoms with Crippen molar-refractivity contribution in [3.8, 4) is 0 Å². The fourth-order valence-corrected chi connectivity index (χ4v) is 2.27. The van der Waals surface area contributed by atoms with Gasteiger partial charge in [-0.15, -0.1) is 0 Å². The van der Waals surface area contributed by atoms with Crippen molar-refractivity contribution in [3.05, 3.63) is 0 Å². The molecule has 0 aliphatic carbocycles. The van der Waals surface area contributed by atoms with E-state index in [0.29, 0.717) is 13.1 Å². The second-order valence-electron chi connectivity index (χ2n) is 5.16. The Morgan fingerprint density at radius 3 is 1.16 bits per heavy atom. The van der Waals surface area contributed by atoms with Crippen LogP contribution < -0.4 is 0 Å². The maximum atomic E-state index is 10.6. The second-order valence-corrected chi connectivity index (χ2v) is 8.30. The predicted octanol–water partition coefficient (Wildman–Crippen LogP) is -0.896. The first-order valence-electron chi connectivity index (χ1n) is 6.99. The maximum Gasteiger partial charge on any atom is 0.264 e. The van der Waals surface area contributed by atoms with Crippen LogP contribution in [-0.4, -0.2) is 124 Å². The molecule has 0 aromatic heterocycles. The van der Waals surface area contributed by atoms with Crippen LogP contribution in [0, 0.1) is 0 Å². The summed E-state index contributed by atoms with van der Waals surface area (Å²) < 4.78 is 57.6. The number of hydrogen-bond donors (Lipinski definition) is 2. The fourth-order valence-electron chi connectivity index (χ4n) is 1.28. The average Bonchev–Trinajstić information content (AvgIpc) is 2.35. The molecule has 146 valence electrons. The van der Waals surface area contributed by atoms with Crippen LogP contribution in [0.5, 0.6) is 0 Å². The fraction of sp³-hybridized carbons (Fsp3) is 0.833. The van der Waals surface area contributed by atoms with E-state index in [1.165, 1.54) is 23.6 Å². The van der Waals surface area contributed by atoms with Crippen molar-refractivity contribution in [1.82, 2.24) is 9.80 Å². The molecule has 2 radical (unpaired) electrons. The van der Waals surface area contributed by atoms with Gasteiger partial charge in [0.1, 0.15) is 0 Å². The standard InChI is InChI=1S/2C6H13NO4S.Ca/c2*1-6(8)7(2)4-3-5-12(9,10)11;/h2*3-5H2,1-2H3,(H,9,10,11);. The predicted molar refractivity (Wildman–Crippen MR) is 94.4 cm³/mol. The minimum atomic E-state index is -3.88. The Kier molecular flexibility index (Phi) is 16.8. The molecule has 10 nitrogen and oxygen atoms in total. The maximum absolute atomic E-state index is 10.6. The molecule has 13 heteroatoms. The summed E-state index contributed by atoms with van der Waals surface area (Å²) in [5.41, 5.74) is 0. The summed E-state index contributed by atoms with van der Waals surface area (Å²) in [6.07, 6.45) is 0.518. The smallest absolute Gasteiger partial charge is 0.264 e. The summed E-state index contributed by atoms with van der Waals surface area (Å²) in [7, 11) is -4.62. The van der Waals surface area contributed by atoms with Crippen LogP contribution in [0.3, 0.4) is 0 Å². The van der Waals surface area contributed by atoms with Crippen LogP contribution in [-0.2, 0) is 29.8 Å². The molecular formula is C12H26CaN2O8S2. The van der Waals surface area contributed by atoms with E-state index in [4.69, 9.17) is 9.11 Å². The van der Waals surface area contributed by atoms with E-state index in [1.807, 2.05) is 0 Å². The van der Waals surface area contributed by atoms with Gasteiger partial charge in [-0.2, -0.15) is 16.8 Å². The molecule has 2 amide bonds. The zero-order chi connectivity index (χ0) is 19.6. The first-order chi connectivity index (χ1) is 10.7. The topological polar surface area (TPSA) is 149 Å². The van der Waals surface area contributed by atoms with Crippen LogP contribution in [0.15, 0.2) is 0 Å². The Balaban J connectivity index is -0.000000372. The van der Waals surface area contributed by atoms with Gasteiger partial charge in [-0.05, 0) is 12.8 Å². The van der Waals surface area contributed by atoms with Crippen molar-refractivity contribution in [2.75, 3.05) is 38.7 Å². The molecule has 0 aliphatic heterocycles. The van der Waals surface area contributed by atoms with Crippen molar-refractivity contribution >= 4 is 69.8 Å². The number of hydrogen-bond acceptors (Lipinski definition) is 6. The first kappa shape index (κ1) is 29.8. The first-order valence-corrected chi connectivity index (χ1v) is 10.2. The normalized spacial score (nSPS) is 10.8. The molecule has 0 aromatic rings. The van der Waals surface area contributed by atoms with Crippen LogP contribution in [0.1, 0.15) is 26.7 Å². The summed E-state index contributed by atoms with van der Waals surface area (Å²) in [6.45, 7) is 3.48. The van der Waals surface area contributed by atoms with Gasteiger partial charge in [0, 0.05) is 78.8 Å². The van der Waals surface area contributed by atoms with Crippen molar-refractivity contribution in [2.24, 2.45) is 0 Å². The van der Waals surface area contributed by atoms with E-state index in [0.717, 1.165) is 0 Å². The van der Waals surface area contributed by atoms with E-state index in [-0.39, 0.29) is 73.9 Å². The molecule has 0 bridgehead atoms. The van der Waals surface area contributed by atoms with Gasteiger partial charge in [0.25, 0.3) is 20.2 Å². The summed E-state index contributed by atoms with van der Waals surface area (Å²) in [5, 5.41) is 0. The van der Waals surface area contributed by atoms with Gasteiger partial charge in [0.15, 0.2) is 0 Å². The van der Waals surface area contributed by atoms with Gasteiger partial charge in [0.2, 0.25) is 11.8 Å². The number of amides is 2. The zero-order valence-electron chi connectivity index (χ0n) is 15.0. The van der Waals surface area contributed by atoms with Crippen LogP contribution in [0.4, 0.5) is 0 Å². The number of carbonyl (C=O) groups excluding carboxylic acids is 2. The van der Waals surface area contributed by atoms with Crippen molar-refractivity contribution < 1.29 is 35.5 Å². The summed E-state index contributed by atoms with van der Waals surface area (Å²) in [6, 6.07) is 0. The molecule has 0 rings (SSSR count). The van der Waals surface area contributed by atoms with E-state index < -0.39 is 20.2 Å². The Morgan fingerprint density at radius 2 is 1.00 bits per heavy atom.